The fraction of sp³-hybridized carbons (Fsp3) is 0. The van der Waals surface area contributed by atoms with Gasteiger partial charge in [0.15, 0.2) is 0 Å². The van der Waals surface area contributed by atoms with Crippen molar-refractivity contribution in [3.05, 3.63) is 64.1 Å². The summed E-state index contributed by atoms with van der Waals surface area (Å²) in [6, 6.07) is 13.3. The number of carboxylic acids is 1. The predicted octanol–water partition coefficient (Wildman–Crippen LogP) is 4.08. The van der Waals surface area contributed by atoms with Gasteiger partial charge in [0.05, 0.1) is 0 Å². The standard InChI is InChI=1S/C7H5ClO3.C6H5Cl/c8-4-1-2-6(9)5(3-4)7(10)11;7-6-4-2-1-3-5-6/h1-3,9H,(H,10,11);1-5H. The molecule has 5 heteroatoms. The third kappa shape index (κ3) is 4.65. The first-order chi connectivity index (χ1) is 8.50. The lowest BCUT2D eigenvalue weighted by molar-refractivity contribution is 0.0693. The molecule has 0 aromatic heterocycles. The van der Waals surface area contributed by atoms with Gasteiger partial charge in [0.1, 0.15) is 11.3 Å². The van der Waals surface area contributed by atoms with Crippen molar-refractivity contribution in [2.24, 2.45) is 0 Å². The lowest BCUT2D eigenvalue weighted by atomic mass is 10.2. The first-order valence-corrected chi connectivity index (χ1v) is 5.68. The molecule has 0 saturated carbocycles. The Hall–Kier alpha value is -1.71. The zero-order valence-corrected chi connectivity index (χ0v) is 10.7. The van der Waals surface area contributed by atoms with Crippen LogP contribution in [-0.4, -0.2) is 16.2 Å². The summed E-state index contributed by atoms with van der Waals surface area (Å²) in [5, 5.41) is 18.5. The van der Waals surface area contributed by atoms with Crippen molar-refractivity contribution in [1.29, 1.82) is 0 Å². The molecule has 0 bridgehead atoms. The molecule has 0 atom stereocenters. The van der Waals surface area contributed by atoms with Gasteiger partial charge in [-0.3, -0.25) is 0 Å². The van der Waals surface area contributed by atoms with E-state index in [0.717, 1.165) is 5.02 Å². The van der Waals surface area contributed by atoms with Gasteiger partial charge >= 0.3 is 5.97 Å². The molecular weight excluding hydrogens is 275 g/mol. The highest BCUT2D eigenvalue weighted by Crippen LogP contribution is 2.20. The van der Waals surface area contributed by atoms with Crippen molar-refractivity contribution >= 4 is 29.2 Å². The Balaban J connectivity index is 0.000000199. The van der Waals surface area contributed by atoms with Gasteiger partial charge in [-0.05, 0) is 30.3 Å². The van der Waals surface area contributed by atoms with Gasteiger partial charge in [-0.25, -0.2) is 4.79 Å². The Morgan fingerprint density at radius 1 is 0.944 bits per heavy atom. The molecule has 0 heterocycles. The van der Waals surface area contributed by atoms with Crippen molar-refractivity contribution < 1.29 is 15.0 Å². The van der Waals surface area contributed by atoms with Gasteiger partial charge in [0.25, 0.3) is 0 Å². The molecule has 2 aromatic carbocycles. The molecule has 0 unspecified atom stereocenters. The number of hydrogen-bond donors (Lipinski definition) is 2. The maximum absolute atomic E-state index is 10.4. The van der Waals surface area contributed by atoms with Crippen LogP contribution in [-0.2, 0) is 0 Å². The number of aromatic carboxylic acids is 1. The number of halogens is 2. The van der Waals surface area contributed by atoms with Crippen LogP contribution in [0.4, 0.5) is 0 Å². The van der Waals surface area contributed by atoms with Crippen LogP contribution in [0.1, 0.15) is 10.4 Å². The molecule has 0 aliphatic heterocycles. The third-order valence-electron chi connectivity index (χ3n) is 1.92. The van der Waals surface area contributed by atoms with E-state index in [2.05, 4.69) is 0 Å². The van der Waals surface area contributed by atoms with Gasteiger partial charge in [-0.2, -0.15) is 0 Å². The highest BCUT2D eigenvalue weighted by molar-refractivity contribution is 6.31. The van der Waals surface area contributed by atoms with Crippen molar-refractivity contribution in [1.82, 2.24) is 0 Å². The van der Waals surface area contributed by atoms with E-state index in [1.807, 2.05) is 30.3 Å². The average Bonchev–Trinajstić information content (AvgIpc) is 2.34. The average molecular weight is 285 g/mol. The summed E-state index contributed by atoms with van der Waals surface area (Å²) in [5.41, 5.74) is -0.183. The van der Waals surface area contributed by atoms with Gasteiger partial charge in [-0.15, -0.1) is 0 Å². The number of carboxylic acid groups (broad SMARTS) is 1. The summed E-state index contributed by atoms with van der Waals surface area (Å²) in [4.78, 5) is 10.4. The molecule has 2 rings (SSSR count). The van der Waals surface area contributed by atoms with Crippen LogP contribution < -0.4 is 0 Å². The Bertz CT molecular complexity index is 527. The summed E-state index contributed by atoms with van der Waals surface area (Å²) < 4.78 is 0. The second kappa shape index (κ2) is 6.89. The quantitative estimate of drug-likeness (QED) is 0.829. The minimum absolute atomic E-state index is 0.183. The molecule has 0 spiro atoms. The molecule has 94 valence electrons. The van der Waals surface area contributed by atoms with E-state index in [0.29, 0.717) is 5.02 Å². The zero-order valence-electron chi connectivity index (χ0n) is 9.18. The van der Waals surface area contributed by atoms with E-state index < -0.39 is 5.97 Å². The van der Waals surface area contributed by atoms with E-state index in [4.69, 9.17) is 33.4 Å². The van der Waals surface area contributed by atoms with Gasteiger partial charge < -0.3 is 10.2 Å². The van der Waals surface area contributed by atoms with Gasteiger partial charge in [-0.1, -0.05) is 41.4 Å². The van der Waals surface area contributed by atoms with Crippen molar-refractivity contribution in [2.75, 3.05) is 0 Å². The number of rotatable bonds is 1. The Labute approximate surface area is 114 Å². The SMILES string of the molecule is Clc1ccccc1.O=C(O)c1cc(Cl)ccc1O. The third-order valence-corrected chi connectivity index (χ3v) is 2.41. The second-order valence-electron chi connectivity index (χ2n) is 3.26. The first kappa shape index (κ1) is 14.4. The molecule has 0 saturated heterocycles. The number of aromatic hydroxyl groups is 1. The number of hydrogen-bond acceptors (Lipinski definition) is 2. The fourth-order valence-corrected chi connectivity index (χ4v) is 1.41. The van der Waals surface area contributed by atoms with Crippen LogP contribution >= 0.6 is 23.2 Å². The van der Waals surface area contributed by atoms with Crippen LogP contribution in [0.15, 0.2) is 48.5 Å². The molecule has 2 aromatic rings. The van der Waals surface area contributed by atoms with E-state index in [1.54, 1.807) is 0 Å². The van der Waals surface area contributed by atoms with Crippen molar-refractivity contribution in [2.45, 2.75) is 0 Å². The fourth-order valence-electron chi connectivity index (χ4n) is 1.09. The number of phenols is 1. The van der Waals surface area contributed by atoms with Crippen LogP contribution in [0.3, 0.4) is 0 Å². The minimum Gasteiger partial charge on any atom is -0.507 e. The van der Waals surface area contributed by atoms with Crippen molar-refractivity contribution in [3.8, 4) is 5.75 Å². The summed E-state index contributed by atoms with van der Waals surface area (Å²) in [6.45, 7) is 0. The largest absolute Gasteiger partial charge is 0.507 e. The van der Waals surface area contributed by atoms with Crippen LogP contribution in [0.25, 0.3) is 0 Å². The number of carbonyl (C=O) groups is 1. The van der Waals surface area contributed by atoms with Crippen LogP contribution in [0.5, 0.6) is 5.75 Å². The molecular formula is C13H10Cl2O3. The molecule has 2 N–H and O–H groups in total. The highest BCUT2D eigenvalue weighted by Gasteiger charge is 2.08. The summed E-state index contributed by atoms with van der Waals surface area (Å²) >= 11 is 11.0. The van der Waals surface area contributed by atoms with Crippen LogP contribution in [0, 0.1) is 0 Å². The van der Waals surface area contributed by atoms with E-state index in [1.165, 1.54) is 18.2 Å². The topological polar surface area (TPSA) is 57.5 Å². The zero-order chi connectivity index (χ0) is 13.5. The minimum atomic E-state index is -1.19. The van der Waals surface area contributed by atoms with Gasteiger partial charge in [0, 0.05) is 10.0 Å². The lowest BCUT2D eigenvalue weighted by Crippen LogP contribution is -1.95. The summed E-state index contributed by atoms with van der Waals surface area (Å²) in [6.07, 6.45) is 0. The maximum Gasteiger partial charge on any atom is 0.339 e. The van der Waals surface area contributed by atoms with Crippen molar-refractivity contribution in [3.63, 3.8) is 0 Å². The molecule has 0 radical (unpaired) electrons. The number of benzene rings is 2. The molecule has 3 nitrogen and oxygen atoms in total. The van der Waals surface area contributed by atoms with E-state index >= 15 is 0 Å². The van der Waals surface area contributed by atoms with E-state index in [9.17, 15) is 4.79 Å². The molecule has 0 aliphatic rings. The predicted molar refractivity (Wildman–Crippen MR) is 71.5 cm³/mol. The lowest BCUT2D eigenvalue weighted by Gasteiger charge is -1.97. The molecule has 0 aliphatic carbocycles. The maximum atomic E-state index is 10.4. The Kier molecular flexibility index (Phi) is 5.49. The summed E-state index contributed by atoms with van der Waals surface area (Å²) in [5.74, 6) is -1.47. The van der Waals surface area contributed by atoms with Crippen LogP contribution in [0.2, 0.25) is 10.0 Å². The Morgan fingerprint density at radius 3 is 1.94 bits per heavy atom. The monoisotopic (exact) mass is 284 g/mol. The smallest absolute Gasteiger partial charge is 0.339 e. The first-order valence-electron chi connectivity index (χ1n) is 4.93. The summed E-state index contributed by atoms with van der Waals surface area (Å²) in [7, 11) is 0. The normalized spacial score (nSPS) is 9.22. The van der Waals surface area contributed by atoms with E-state index in [-0.39, 0.29) is 11.3 Å². The molecule has 0 amide bonds. The Morgan fingerprint density at radius 2 is 1.56 bits per heavy atom. The second-order valence-corrected chi connectivity index (χ2v) is 4.14. The highest BCUT2D eigenvalue weighted by atomic mass is 35.5. The molecule has 18 heavy (non-hydrogen) atoms. The molecule has 0 fully saturated rings. The van der Waals surface area contributed by atoms with Gasteiger partial charge in [0.2, 0.25) is 0 Å².